The molecule has 4 nitrogen and oxygen atoms in total. The lowest BCUT2D eigenvalue weighted by Gasteiger charge is -2.14. The van der Waals surface area contributed by atoms with Crippen LogP contribution in [0, 0.1) is 0 Å². The molecule has 18 heavy (non-hydrogen) atoms. The van der Waals surface area contributed by atoms with Crippen LogP contribution in [0.2, 0.25) is 0 Å². The summed E-state index contributed by atoms with van der Waals surface area (Å²) >= 11 is 3.99. The number of aryl methyl sites for hydroxylation is 1. The summed E-state index contributed by atoms with van der Waals surface area (Å²) in [6.07, 6.45) is 1.03. The zero-order valence-corrected chi connectivity index (χ0v) is 11.1. The van der Waals surface area contributed by atoms with Gasteiger partial charge in [-0.25, -0.2) is 4.79 Å². The Morgan fingerprint density at radius 2 is 2.06 bits per heavy atom. The van der Waals surface area contributed by atoms with Gasteiger partial charge in [-0.1, -0.05) is 25.1 Å². The minimum Gasteiger partial charge on any atom is -0.480 e. The van der Waals surface area contributed by atoms with Gasteiger partial charge in [-0.05, 0) is 30.2 Å². The molecule has 1 rings (SSSR count). The van der Waals surface area contributed by atoms with Gasteiger partial charge in [0.1, 0.15) is 6.04 Å². The van der Waals surface area contributed by atoms with E-state index in [0.29, 0.717) is 17.7 Å². The molecule has 2 N–H and O–H groups in total. The van der Waals surface area contributed by atoms with E-state index in [1.54, 1.807) is 12.1 Å². The van der Waals surface area contributed by atoms with Crippen molar-refractivity contribution in [2.45, 2.75) is 25.8 Å². The number of nitrogens with one attached hydrogen (secondary N) is 1. The quantitative estimate of drug-likeness (QED) is 0.688. The zero-order valence-electron chi connectivity index (χ0n) is 10.2. The first-order chi connectivity index (χ1) is 8.60. The van der Waals surface area contributed by atoms with E-state index in [4.69, 9.17) is 5.11 Å². The van der Waals surface area contributed by atoms with Crippen LogP contribution < -0.4 is 5.32 Å². The van der Waals surface area contributed by atoms with Crippen molar-refractivity contribution in [2.75, 3.05) is 5.75 Å². The zero-order chi connectivity index (χ0) is 13.5. The Bertz CT molecular complexity index is 434. The molecule has 0 fully saturated rings. The molecule has 0 aliphatic heterocycles. The molecule has 0 radical (unpaired) electrons. The highest BCUT2D eigenvalue weighted by molar-refractivity contribution is 7.80. The van der Waals surface area contributed by atoms with Crippen molar-refractivity contribution in [1.29, 1.82) is 0 Å². The molecule has 0 heterocycles. The Morgan fingerprint density at radius 3 is 2.61 bits per heavy atom. The predicted molar refractivity (Wildman–Crippen MR) is 73.2 cm³/mol. The number of amides is 1. The monoisotopic (exact) mass is 267 g/mol. The smallest absolute Gasteiger partial charge is 0.326 e. The van der Waals surface area contributed by atoms with Crippen LogP contribution in [-0.2, 0) is 11.2 Å². The fourth-order valence-electron chi connectivity index (χ4n) is 1.67. The molecular formula is C13H17NO3S. The molecule has 0 saturated heterocycles. The second-order valence-corrected chi connectivity index (χ2v) is 4.33. The number of carbonyl (C=O) groups excluding carboxylic acids is 1. The van der Waals surface area contributed by atoms with Gasteiger partial charge in [0, 0.05) is 5.56 Å². The van der Waals surface area contributed by atoms with Crippen molar-refractivity contribution < 1.29 is 14.7 Å². The van der Waals surface area contributed by atoms with Gasteiger partial charge in [0.15, 0.2) is 0 Å². The van der Waals surface area contributed by atoms with Gasteiger partial charge in [-0.3, -0.25) is 4.79 Å². The van der Waals surface area contributed by atoms with E-state index in [2.05, 4.69) is 17.9 Å². The Balaban J connectivity index is 2.83. The molecule has 1 amide bonds. The summed E-state index contributed by atoms with van der Waals surface area (Å²) in [6.45, 7) is 1.95. The summed E-state index contributed by atoms with van der Waals surface area (Å²) < 4.78 is 0. The number of carboxylic acid groups (broad SMARTS) is 1. The van der Waals surface area contributed by atoms with Gasteiger partial charge < -0.3 is 10.4 Å². The molecule has 0 aromatic heterocycles. The second-order valence-electron chi connectivity index (χ2n) is 3.89. The van der Waals surface area contributed by atoms with E-state index >= 15 is 0 Å². The highest BCUT2D eigenvalue weighted by atomic mass is 32.1. The summed E-state index contributed by atoms with van der Waals surface area (Å²) in [5.41, 5.74) is 1.44. The van der Waals surface area contributed by atoms with Gasteiger partial charge in [-0.15, -0.1) is 0 Å². The van der Waals surface area contributed by atoms with Crippen molar-refractivity contribution in [1.82, 2.24) is 5.32 Å². The maximum Gasteiger partial charge on any atom is 0.326 e. The number of carboxylic acids is 1. The van der Waals surface area contributed by atoms with Gasteiger partial charge in [0.05, 0.1) is 0 Å². The minimum atomic E-state index is -1.04. The van der Waals surface area contributed by atoms with E-state index in [-0.39, 0.29) is 5.91 Å². The van der Waals surface area contributed by atoms with E-state index in [0.717, 1.165) is 12.0 Å². The molecule has 1 atom stereocenters. The Labute approximate surface area is 112 Å². The van der Waals surface area contributed by atoms with Crippen molar-refractivity contribution in [3.63, 3.8) is 0 Å². The topological polar surface area (TPSA) is 66.4 Å². The number of hydrogen-bond donors (Lipinski definition) is 3. The lowest BCUT2D eigenvalue weighted by molar-refractivity contribution is -0.139. The van der Waals surface area contributed by atoms with Crippen LogP contribution in [0.1, 0.15) is 29.3 Å². The van der Waals surface area contributed by atoms with Crippen LogP contribution in [0.3, 0.4) is 0 Å². The van der Waals surface area contributed by atoms with Gasteiger partial charge in [0.2, 0.25) is 0 Å². The molecule has 1 unspecified atom stereocenters. The minimum absolute atomic E-state index is 0.304. The maximum atomic E-state index is 12.0. The lowest BCUT2D eigenvalue weighted by Crippen LogP contribution is -2.41. The third kappa shape index (κ3) is 3.77. The van der Waals surface area contributed by atoms with E-state index in [1.165, 1.54) is 0 Å². The molecule has 98 valence electrons. The third-order valence-corrected chi connectivity index (χ3v) is 2.92. The Morgan fingerprint density at radius 1 is 1.39 bits per heavy atom. The normalized spacial score (nSPS) is 11.9. The fraction of sp³-hybridized carbons (Fsp3) is 0.385. The third-order valence-electron chi connectivity index (χ3n) is 2.66. The van der Waals surface area contributed by atoms with Gasteiger partial charge in [0.25, 0.3) is 5.91 Å². The van der Waals surface area contributed by atoms with Crippen molar-refractivity contribution in [3.05, 3.63) is 35.4 Å². The lowest BCUT2D eigenvalue weighted by atomic mass is 10.0. The largest absolute Gasteiger partial charge is 0.480 e. The summed E-state index contributed by atoms with van der Waals surface area (Å²) in [7, 11) is 0. The average molecular weight is 267 g/mol. The molecule has 0 saturated carbocycles. The number of aliphatic carboxylic acids is 1. The number of hydrogen-bond acceptors (Lipinski definition) is 3. The SMILES string of the molecule is CCc1ccccc1C(=O)NC(CCS)C(=O)O. The second kappa shape index (κ2) is 7.06. The number of carbonyl (C=O) groups is 2. The van der Waals surface area contributed by atoms with Crippen LogP contribution in [0.15, 0.2) is 24.3 Å². The van der Waals surface area contributed by atoms with Crippen LogP contribution in [-0.4, -0.2) is 28.8 Å². The summed E-state index contributed by atoms with van der Waals surface area (Å²) in [5, 5.41) is 11.5. The van der Waals surface area contributed by atoms with E-state index in [9.17, 15) is 9.59 Å². The molecule has 0 aliphatic rings. The van der Waals surface area contributed by atoms with Crippen molar-refractivity contribution in [3.8, 4) is 0 Å². The first kappa shape index (κ1) is 14.6. The first-order valence-electron chi connectivity index (χ1n) is 5.82. The maximum absolute atomic E-state index is 12.0. The molecule has 0 aliphatic carbocycles. The summed E-state index contributed by atoms with van der Waals surface area (Å²) in [5.74, 6) is -0.972. The van der Waals surface area contributed by atoms with Gasteiger partial charge >= 0.3 is 5.97 Å². The highest BCUT2D eigenvalue weighted by Gasteiger charge is 2.20. The Kier molecular flexibility index (Phi) is 5.71. The summed E-state index contributed by atoms with van der Waals surface area (Å²) in [6, 6.07) is 6.30. The first-order valence-corrected chi connectivity index (χ1v) is 6.45. The molecule has 1 aromatic rings. The fourth-order valence-corrected chi connectivity index (χ4v) is 1.93. The number of thiol groups is 1. The van der Waals surface area contributed by atoms with E-state index in [1.807, 2.05) is 19.1 Å². The average Bonchev–Trinajstić information content (AvgIpc) is 2.37. The molecule has 5 heteroatoms. The van der Waals surface area contributed by atoms with Crippen LogP contribution in [0.5, 0.6) is 0 Å². The van der Waals surface area contributed by atoms with Crippen molar-refractivity contribution in [2.24, 2.45) is 0 Å². The highest BCUT2D eigenvalue weighted by Crippen LogP contribution is 2.10. The molecule has 0 bridgehead atoms. The number of benzene rings is 1. The van der Waals surface area contributed by atoms with Crippen LogP contribution in [0.4, 0.5) is 0 Å². The predicted octanol–water partition coefficient (Wildman–Crippen LogP) is 1.75. The van der Waals surface area contributed by atoms with E-state index < -0.39 is 12.0 Å². The molecule has 0 spiro atoms. The molecule has 1 aromatic carbocycles. The van der Waals surface area contributed by atoms with Crippen molar-refractivity contribution >= 4 is 24.5 Å². The standard InChI is InChI=1S/C13H17NO3S/c1-2-9-5-3-4-6-10(9)12(15)14-11(7-8-18)13(16)17/h3-6,11,18H,2,7-8H2,1H3,(H,14,15)(H,16,17). The van der Waals surface area contributed by atoms with Gasteiger partial charge in [-0.2, -0.15) is 12.6 Å². The number of rotatable bonds is 6. The molecular weight excluding hydrogens is 250 g/mol. The summed E-state index contributed by atoms with van der Waals surface area (Å²) in [4.78, 5) is 23.0. The van der Waals surface area contributed by atoms with Crippen LogP contribution in [0.25, 0.3) is 0 Å². The van der Waals surface area contributed by atoms with Crippen LogP contribution >= 0.6 is 12.6 Å². The Hall–Kier alpha value is -1.49.